The molecule has 7 heteroatoms. The van der Waals surface area contributed by atoms with Crippen LogP contribution in [0.15, 0.2) is 78.9 Å². The summed E-state index contributed by atoms with van der Waals surface area (Å²) in [6.45, 7) is 6.33. The van der Waals surface area contributed by atoms with Gasteiger partial charge in [-0.3, -0.25) is 14.5 Å². The highest BCUT2D eigenvalue weighted by molar-refractivity contribution is 6.00. The molecule has 192 valence electrons. The molecule has 1 fully saturated rings. The summed E-state index contributed by atoms with van der Waals surface area (Å²) >= 11 is 0. The van der Waals surface area contributed by atoms with Crippen molar-refractivity contribution in [1.82, 2.24) is 4.90 Å². The molecule has 0 saturated carbocycles. The number of fused-ring (bicyclic) bond motifs is 1. The maximum absolute atomic E-state index is 13.2. The van der Waals surface area contributed by atoms with Crippen LogP contribution >= 0.6 is 0 Å². The molecule has 5 rings (SSSR count). The Bertz CT molecular complexity index is 1170. The second-order valence-corrected chi connectivity index (χ2v) is 9.51. The molecule has 3 aromatic rings. The Kier molecular flexibility index (Phi) is 7.82. The van der Waals surface area contributed by atoms with Crippen LogP contribution in [0.3, 0.4) is 0 Å². The SMILES string of the molecule is CC1Oc2cc(NC(=O)CC(c3ccccc3)c3ccccc3)ccc2N(CCN2CCOCC2)C1=O. The van der Waals surface area contributed by atoms with Gasteiger partial charge in [-0.15, -0.1) is 0 Å². The Balaban J connectivity index is 1.29. The van der Waals surface area contributed by atoms with Gasteiger partial charge in [0.1, 0.15) is 5.75 Å². The molecule has 2 aliphatic heterocycles. The van der Waals surface area contributed by atoms with Gasteiger partial charge in [0.05, 0.1) is 18.9 Å². The van der Waals surface area contributed by atoms with Crippen LogP contribution in [-0.2, 0) is 14.3 Å². The predicted molar refractivity (Wildman–Crippen MR) is 144 cm³/mol. The van der Waals surface area contributed by atoms with Crippen molar-refractivity contribution in [3.05, 3.63) is 90.0 Å². The Morgan fingerprint density at radius 2 is 1.59 bits per heavy atom. The van der Waals surface area contributed by atoms with E-state index in [2.05, 4.69) is 34.5 Å². The summed E-state index contributed by atoms with van der Waals surface area (Å²) in [5, 5.41) is 3.04. The lowest BCUT2D eigenvalue weighted by Gasteiger charge is -2.35. The van der Waals surface area contributed by atoms with E-state index >= 15 is 0 Å². The monoisotopic (exact) mass is 499 g/mol. The second-order valence-electron chi connectivity index (χ2n) is 9.51. The van der Waals surface area contributed by atoms with Crippen molar-refractivity contribution in [3.8, 4) is 5.75 Å². The topological polar surface area (TPSA) is 71.1 Å². The first-order valence-corrected chi connectivity index (χ1v) is 12.9. The quantitative estimate of drug-likeness (QED) is 0.501. The van der Waals surface area contributed by atoms with Crippen LogP contribution in [0.4, 0.5) is 11.4 Å². The molecule has 37 heavy (non-hydrogen) atoms. The summed E-state index contributed by atoms with van der Waals surface area (Å²) in [6.07, 6.45) is -0.268. The fourth-order valence-corrected chi connectivity index (χ4v) is 4.98. The third kappa shape index (κ3) is 6.01. The minimum absolute atomic E-state index is 0.0499. The zero-order valence-electron chi connectivity index (χ0n) is 21.1. The van der Waals surface area contributed by atoms with Crippen LogP contribution in [0.1, 0.15) is 30.4 Å². The van der Waals surface area contributed by atoms with Gasteiger partial charge in [-0.2, -0.15) is 0 Å². The van der Waals surface area contributed by atoms with Gasteiger partial charge in [0.25, 0.3) is 5.91 Å². The van der Waals surface area contributed by atoms with E-state index < -0.39 is 6.10 Å². The minimum atomic E-state index is -0.580. The molecule has 0 bridgehead atoms. The number of benzene rings is 3. The summed E-state index contributed by atoms with van der Waals surface area (Å²) in [6, 6.07) is 25.7. The molecule has 0 aromatic heterocycles. The summed E-state index contributed by atoms with van der Waals surface area (Å²) in [5.41, 5.74) is 3.58. The van der Waals surface area contributed by atoms with E-state index in [-0.39, 0.29) is 17.7 Å². The number of anilines is 2. The van der Waals surface area contributed by atoms with Crippen molar-refractivity contribution < 1.29 is 19.1 Å². The number of rotatable bonds is 8. The first-order valence-electron chi connectivity index (χ1n) is 12.9. The van der Waals surface area contributed by atoms with Gasteiger partial charge in [0, 0.05) is 50.3 Å². The van der Waals surface area contributed by atoms with E-state index in [1.165, 1.54) is 0 Å². The van der Waals surface area contributed by atoms with Crippen molar-refractivity contribution in [3.63, 3.8) is 0 Å². The van der Waals surface area contributed by atoms with Gasteiger partial charge in [0.15, 0.2) is 6.10 Å². The number of nitrogens with zero attached hydrogens (tertiary/aromatic N) is 2. The molecule has 0 radical (unpaired) electrons. The van der Waals surface area contributed by atoms with E-state index in [9.17, 15) is 9.59 Å². The zero-order chi connectivity index (χ0) is 25.6. The molecular formula is C30H33N3O4. The van der Waals surface area contributed by atoms with E-state index in [0.717, 1.165) is 49.7 Å². The number of carbonyl (C=O) groups is 2. The van der Waals surface area contributed by atoms with E-state index in [0.29, 0.717) is 24.4 Å². The molecule has 1 saturated heterocycles. The van der Waals surface area contributed by atoms with Crippen LogP contribution in [0, 0.1) is 0 Å². The largest absolute Gasteiger partial charge is 0.479 e. The Hall–Kier alpha value is -3.68. The lowest BCUT2D eigenvalue weighted by Crippen LogP contribution is -2.48. The van der Waals surface area contributed by atoms with Crippen LogP contribution < -0.4 is 15.0 Å². The number of hydrogen-bond acceptors (Lipinski definition) is 5. The van der Waals surface area contributed by atoms with Crippen molar-refractivity contribution in [2.24, 2.45) is 0 Å². The Morgan fingerprint density at radius 1 is 0.946 bits per heavy atom. The molecule has 1 N–H and O–H groups in total. The Labute approximate surface area is 218 Å². The molecule has 1 unspecified atom stereocenters. The van der Waals surface area contributed by atoms with Gasteiger partial charge in [-0.25, -0.2) is 0 Å². The van der Waals surface area contributed by atoms with Crippen LogP contribution in [-0.4, -0.2) is 62.2 Å². The molecule has 2 heterocycles. The number of morpholine rings is 1. The maximum Gasteiger partial charge on any atom is 0.267 e. The molecule has 2 amide bonds. The number of hydrogen-bond donors (Lipinski definition) is 1. The molecule has 1 atom stereocenters. The number of nitrogens with one attached hydrogen (secondary N) is 1. The summed E-state index contributed by atoms with van der Waals surface area (Å²) < 4.78 is 11.4. The lowest BCUT2D eigenvalue weighted by molar-refractivity contribution is -0.125. The molecular weight excluding hydrogens is 466 g/mol. The number of ether oxygens (including phenoxy) is 2. The average Bonchev–Trinajstić information content (AvgIpc) is 2.93. The van der Waals surface area contributed by atoms with Crippen molar-refractivity contribution in [1.29, 1.82) is 0 Å². The summed E-state index contributed by atoms with van der Waals surface area (Å²) in [4.78, 5) is 30.2. The molecule has 0 aliphatic carbocycles. The van der Waals surface area contributed by atoms with Gasteiger partial charge < -0.3 is 19.7 Å². The number of carbonyl (C=O) groups excluding carboxylic acids is 2. The van der Waals surface area contributed by atoms with Gasteiger partial charge in [-0.05, 0) is 30.2 Å². The molecule has 2 aliphatic rings. The van der Waals surface area contributed by atoms with Crippen molar-refractivity contribution >= 4 is 23.2 Å². The van der Waals surface area contributed by atoms with E-state index in [1.807, 2.05) is 54.6 Å². The minimum Gasteiger partial charge on any atom is -0.479 e. The average molecular weight is 500 g/mol. The van der Waals surface area contributed by atoms with Crippen molar-refractivity contribution in [2.75, 3.05) is 49.6 Å². The van der Waals surface area contributed by atoms with Gasteiger partial charge >= 0.3 is 0 Å². The standard InChI is InChI=1S/C30H33N3O4/c1-22-30(35)33(15-14-32-16-18-36-19-17-32)27-13-12-25(20-28(27)37-22)31-29(34)21-26(23-8-4-2-5-9-23)24-10-6-3-7-11-24/h2-13,20,22,26H,14-19,21H2,1H3,(H,31,34). The molecule has 3 aromatic carbocycles. The first kappa shape index (κ1) is 25.0. The maximum atomic E-state index is 13.2. The van der Waals surface area contributed by atoms with Crippen LogP contribution in [0.5, 0.6) is 5.75 Å². The third-order valence-electron chi connectivity index (χ3n) is 6.99. The normalized spacial score (nSPS) is 17.8. The fraction of sp³-hybridized carbons (Fsp3) is 0.333. The smallest absolute Gasteiger partial charge is 0.267 e. The predicted octanol–water partition coefficient (Wildman–Crippen LogP) is 4.29. The molecule has 0 spiro atoms. The van der Waals surface area contributed by atoms with Crippen molar-refractivity contribution in [2.45, 2.75) is 25.4 Å². The first-order chi connectivity index (χ1) is 18.1. The highest BCUT2D eigenvalue weighted by Crippen LogP contribution is 2.36. The fourth-order valence-electron chi connectivity index (χ4n) is 4.98. The van der Waals surface area contributed by atoms with E-state index in [1.54, 1.807) is 11.8 Å². The number of amides is 2. The van der Waals surface area contributed by atoms with Crippen LogP contribution in [0.25, 0.3) is 0 Å². The van der Waals surface area contributed by atoms with Gasteiger partial charge in [0.2, 0.25) is 5.91 Å². The van der Waals surface area contributed by atoms with Crippen LogP contribution in [0.2, 0.25) is 0 Å². The van der Waals surface area contributed by atoms with E-state index in [4.69, 9.17) is 9.47 Å². The highest BCUT2D eigenvalue weighted by Gasteiger charge is 2.32. The Morgan fingerprint density at radius 3 is 2.24 bits per heavy atom. The summed E-state index contributed by atoms with van der Waals surface area (Å²) in [5.74, 6) is 0.423. The highest BCUT2D eigenvalue weighted by atomic mass is 16.5. The third-order valence-corrected chi connectivity index (χ3v) is 6.99. The second kappa shape index (κ2) is 11.6. The van der Waals surface area contributed by atoms with Gasteiger partial charge in [-0.1, -0.05) is 60.7 Å². The summed E-state index contributed by atoms with van der Waals surface area (Å²) in [7, 11) is 0. The lowest BCUT2D eigenvalue weighted by atomic mass is 9.88. The molecule has 7 nitrogen and oxygen atoms in total. The zero-order valence-corrected chi connectivity index (χ0v) is 21.1.